The number of esters is 1. The molecule has 0 unspecified atom stereocenters. The van der Waals surface area contributed by atoms with Crippen LogP contribution in [0.25, 0.3) is 11.0 Å². The summed E-state index contributed by atoms with van der Waals surface area (Å²) in [7, 11) is 0. The Morgan fingerprint density at radius 2 is 1.86 bits per heavy atom. The lowest BCUT2D eigenvalue weighted by Crippen LogP contribution is -2.29. The Labute approximate surface area is 163 Å². The Balaban J connectivity index is 2.15. The highest BCUT2D eigenvalue weighted by molar-refractivity contribution is 5.98. The average molecular weight is 380 g/mol. The standard InChI is InChI=1S/C22H24N2O4/c1-5-28-21(27)17-18(25)16-7-6-12-23-19(16)24(20(17)26)13-14-8-10-15(11-9-14)22(2,3)4/h6-12,25H,5,13H2,1-4H3. The highest BCUT2D eigenvalue weighted by atomic mass is 16.5. The Kier molecular flexibility index (Phi) is 5.23. The zero-order valence-electron chi connectivity index (χ0n) is 16.5. The largest absolute Gasteiger partial charge is 0.506 e. The van der Waals surface area contributed by atoms with Gasteiger partial charge in [-0.3, -0.25) is 9.36 Å². The van der Waals surface area contributed by atoms with Crippen molar-refractivity contribution in [3.63, 3.8) is 0 Å². The van der Waals surface area contributed by atoms with E-state index >= 15 is 0 Å². The maximum Gasteiger partial charge on any atom is 0.347 e. The molecule has 1 aromatic carbocycles. The van der Waals surface area contributed by atoms with Crippen LogP contribution >= 0.6 is 0 Å². The zero-order valence-corrected chi connectivity index (χ0v) is 16.5. The van der Waals surface area contributed by atoms with Crippen LogP contribution in [0.3, 0.4) is 0 Å². The summed E-state index contributed by atoms with van der Waals surface area (Å²) in [5, 5.41) is 10.8. The first-order valence-electron chi connectivity index (χ1n) is 9.21. The van der Waals surface area contributed by atoms with Crippen LogP contribution in [0.4, 0.5) is 0 Å². The Bertz CT molecular complexity index is 1080. The number of rotatable bonds is 4. The molecular formula is C22H24N2O4. The summed E-state index contributed by atoms with van der Waals surface area (Å²) < 4.78 is 6.36. The number of nitrogens with zero attached hydrogens (tertiary/aromatic N) is 2. The SMILES string of the molecule is CCOC(=O)c1c(O)c2cccnc2n(Cc2ccc(C(C)(C)C)cc2)c1=O. The molecule has 0 aliphatic rings. The highest BCUT2D eigenvalue weighted by Gasteiger charge is 2.24. The van der Waals surface area contributed by atoms with Crippen LogP contribution in [0, 0.1) is 0 Å². The topological polar surface area (TPSA) is 81.4 Å². The van der Waals surface area contributed by atoms with Gasteiger partial charge in [0.2, 0.25) is 0 Å². The number of benzene rings is 1. The molecule has 0 fully saturated rings. The molecule has 0 amide bonds. The molecule has 28 heavy (non-hydrogen) atoms. The van der Waals surface area contributed by atoms with Crippen molar-refractivity contribution in [3.8, 4) is 5.75 Å². The minimum atomic E-state index is -0.840. The molecule has 0 aliphatic carbocycles. The third-order valence-corrected chi connectivity index (χ3v) is 4.63. The summed E-state index contributed by atoms with van der Waals surface area (Å²) in [5.74, 6) is -1.24. The van der Waals surface area contributed by atoms with Crippen LogP contribution in [-0.4, -0.2) is 27.2 Å². The molecule has 0 spiro atoms. The number of carbonyl (C=O) groups is 1. The van der Waals surface area contributed by atoms with Crippen molar-refractivity contribution in [2.45, 2.75) is 39.7 Å². The molecular weight excluding hydrogens is 356 g/mol. The minimum Gasteiger partial charge on any atom is -0.506 e. The first-order chi connectivity index (χ1) is 13.2. The summed E-state index contributed by atoms with van der Waals surface area (Å²) in [6, 6.07) is 11.2. The van der Waals surface area contributed by atoms with Gasteiger partial charge < -0.3 is 9.84 Å². The fourth-order valence-corrected chi connectivity index (χ4v) is 3.09. The smallest absolute Gasteiger partial charge is 0.347 e. The van der Waals surface area contributed by atoms with Crippen molar-refractivity contribution in [2.24, 2.45) is 0 Å². The van der Waals surface area contributed by atoms with E-state index in [9.17, 15) is 14.7 Å². The molecule has 0 aliphatic heterocycles. The van der Waals surface area contributed by atoms with Crippen LogP contribution in [0.5, 0.6) is 5.75 Å². The van der Waals surface area contributed by atoms with Gasteiger partial charge >= 0.3 is 5.97 Å². The van der Waals surface area contributed by atoms with Crippen molar-refractivity contribution in [2.75, 3.05) is 6.61 Å². The van der Waals surface area contributed by atoms with Gasteiger partial charge in [0.25, 0.3) is 5.56 Å². The molecule has 0 bridgehead atoms. The van der Waals surface area contributed by atoms with Gasteiger partial charge in [-0.05, 0) is 35.6 Å². The minimum absolute atomic E-state index is 0.0270. The van der Waals surface area contributed by atoms with E-state index in [4.69, 9.17) is 4.74 Å². The van der Waals surface area contributed by atoms with Gasteiger partial charge in [0.05, 0.1) is 18.5 Å². The molecule has 0 saturated heterocycles. The van der Waals surface area contributed by atoms with Gasteiger partial charge in [-0.2, -0.15) is 0 Å². The molecule has 0 saturated carbocycles. The summed E-state index contributed by atoms with van der Waals surface area (Å²) in [6.45, 7) is 8.38. The second-order valence-corrected chi connectivity index (χ2v) is 7.66. The van der Waals surface area contributed by atoms with Gasteiger partial charge in [0.1, 0.15) is 11.4 Å². The van der Waals surface area contributed by atoms with E-state index in [1.807, 2.05) is 24.3 Å². The van der Waals surface area contributed by atoms with E-state index < -0.39 is 17.3 Å². The predicted molar refractivity (Wildman–Crippen MR) is 108 cm³/mol. The second-order valence-electron chi connectivity index (χ2n) is 7.66. The number of hydrogen-bond donors (Lipinski definition) is 1. The van der Waals surface area contributed by atoms with E-state index in [2.05, 4.69) is 25.8 Å². The lowest BCUT2D eigenvalue weighted by atomic mass is 9.87. The van der Waals surface area contributed by atoms with E-state index in [1.165, 1.54) is 10.1 Å². The van der Waals surface area contributed by atoms with Gasteiger partial charge in [-0.1, -0.05) is 45.0 Å². The van der Waals surface area contributed by atoms with Crippen molar-refractivity contribution >= 4 is 17.0 Å². The van der Waals surface area contributed by atoms with E-state index in [0.717, 1.165) is 5.56 Å². The molecule has 2 heterocycles. The quantitative estimate of drug-likeness (QED) is 0.699. The van der Waals surface area contributed by atoms with Crippen LogP contribution in [0.15, 0.2) is 47.4 Å². The Morgan fingerprint density at radius 1 is 1.18 bits per heavy atom. The summed E-state index contributed by atoms with van der Waals surface area (Å²) >= 11 is 0. The summed E-state index contributed by atoms with van der Waals surface area (Å²) in [6.07, 6.45) is 1.55. The maximum absolute atomic E-state index is 13.0. The van der Waals surface area contributed by atoms with Crippen LogP contribution in [0.1, 0.15) is 49.2 Å². The second kappa shape index (κ2) is 7.46. The third kappa shape index (κ3) is 3.63. The molecule has 6 heteroatoms. The molecule has 0 radical (unpaired) electrons. The van der Waals surface area contributed by atoms with Crippen LogP contribution in [0.2, 0.25) is 0 Å². The summed E-state index contributed by atoms with van der Waals surface area (Å²) in [5.41, 5.74) is 1.43. The summed E-state index contributed by atoms with van der Waals surface area (Å²) in [4.78, 5) is 29.5. The first-order valence-corrected chi connectivity index (χ1v) is 9.21. The first kappa shape index (κ1) is 19.6. The van der Waals surface area contributed by atoms with Crippen molar-refractivity contribution < 1.29 is 14.6 Å². The Morgan fingerprint density at radius 3 is 2.46 bits per heavy atom. The lowest BCUT2D eigenvalue weighted by molar-refractivity contribution is 0.0520. The van der Waals surface area contributed by atoms with E-state index in [1.54, 1.807) is 25.3 Å². The Hall–Kier alpha value is -3.15. The van der Waals surface area contributed by atoms with Crippen LogP contribution < -0.4 is 5.56 Å². The fourth-order valence-electron chi connectivity index (χ4n) is 3.09. The molecule has 2 aromatic heterocycles. The number of carbonyl (C=O) groups excluding carboxylic acids is 1. The predicted octanol–water partition coefficient (Wildman–Crippen LogP) is 3.62. The molecule has 1 N–H and O–H groups in total. The highest BCUT2D eigenvalue weighted by Crippen LogP contribution is 2.26. The van der Waals surface area contributed by atoms with Crippen LogP contribution in [-0.2, 0) is 16.7 Å². The molecule has 6 nitrogen and oxygen atoms in total. The number of aromatic nitrogens is 2. The average Bonchev–Trinajstić information content (AvgIpc) is 2.65. The number of ether oxygens (including phenoxy) is 1. The molecule has 3 aromatic rings. The maximum atomic E-state index is 13.0. The monoisotopic (exact) mass is 380 g/mol. The number of aromatic hydroxyl groups is 1. The normalized spacial score (nSPS) is 11.6. The lowest BCUT2D eigenvalue weighted by Gasteiger charge is -2.19. The van der Waals surface area contributed by atoms with Crippen molar-refractivity contribution in [1.29, 1.82) is 0 Å². The number of hydrogen-bond acceptors (Lipinski definition) is 5. The van der Waals surface area contributed by atoms with Gasteiger partial charge in [-0.15, -0.1) is 0 Å². The number of fused-ring (bicyclic) bond motifs is 1. The number of pyridine rings is 2. The van der Waals surface area contributed by atoms with Gasteiger partial charge in [-0.25, -0.2) is 9.78 Å². The molecule has 146 valence electrons. The molecule has 0 atom stereocenters. The third-order valence-electron chi connectivity index (χ3n) is 4.63. The van der Waals surface area contributed by atoms with E-state index in [-0.39, 0.29) is 24.1 Å². The van der Waals surface area contributed by atoms with Gasteiger partial charge in [0, 0.05) is 6.20 Å². The zero-order chi connectivity index (χ0) is 20.5. The van der Waals surface area contributed by atoms with Crippen molar-refractivity contribution in [3.05, 3.63) is 69.6 Å². The van der Waals surface area contributed by atoms with Crippen molar-refractivity contribution in [1.82, 2.24) is 9.55 Å². The fraction of sp³-hybridized carbons (Fsp3) is 0.318. The molecule has 3 rings (SSSR count). The van der Waals surface area contributed by atoms with Gasteiger partial charge in [0.15, 0.2) is 5.56 Å². The van der Waals surface area contributed by atoms with E-state index in [0.29, 0.717) is 11.0 Å².